The monoisotopic (exact) mass is 629 g/mol. The number of unbranched alkanes of at least 4 members (excludes halogenated alkanes) is 3. The second-order valence-electron chi connectivity index (χ2n) is 13.6. The van der Waals surface area contributed by atoms with Crippen molar-refractivity contribution >= 4 is 5.57 Å². The molecule has 7 heteroatoms. The number of nitrogens with zero attached hydrogens (tertiary/aromatic N) is 3. The van der Waals surface area contributed by atoms with Crippen molar-refractivity contribution in [1.82, 2.24) is 14.5 Å². The zero-order chi connectivity index (χ0) is 32.5. The van der Waals surface area contributed by atoms with Gasteiger partial charge in [-0.15, -0.1) is 0 Å². The van der Waals surface area contributed by atoms with E-state index in [2.05, 4.69) is 31.9 Å². The molecule has 3 aromatic rings. The Morgan fingerprint density at radius 2 is 1.80 bits per heavy atom. The molecule has 0 spiro atoms. The van der Waals surface area contributed by atoms with Gasteiger partial charge in [0.1, 0.15) is 11.5 Å². The van der Waals surface area contributed by atoms with Crippen molar-refractivity contribution in [3.8, 4) is 22.8 Å². The van der Waals surface area contributed by atoms with Gasteiger partial charge in [0.15, 0.2) is 11.5 Å². The number of methoxy groups -OCH3 is 1. The minimum Gasteiger partial charge on any atom is -0.493 e. The number of benzene rings is 1. The minimum absolute atomic E-state index is 0.0251. The molecule has 1 saturated heterocycles. The summed E-state index contributed by atoms with van der Waals surface area (Å²) in [6, 6.07) is 8.06. The molecule has 1 saturated carbocycles. The molecule has 0 amide bonds. The molecule has 2 aliphatic rings. The summed E-state index contributed by atoms with van der Waals surface area (Å²) < 4.78 is 20.2. The minimum atomic E-state index is -0.0251. The topological polar surface area (TPSA) is 69.7 Å². The molecule has 3 heterocycles. The van der Waals surface area contributed by atoms with E-state index >= 15 is 0 Å². The quantitative estimate of drug-likeness (QED) is 0.166. The van der Waals surface area contributed by atoms with Crippen molar-refractivity contribution in [2.45, 2.75) is 110 Å². The van der Waals surface area contributed by atoms with Crippen molar-refractivity contribution in [2.75, 3.05) is 33.9 Å². The van der Waals surface area contributed by atoms with Gasteiger partial charge in [0, 0.05) is 17.2 Å². The van der Waals surface area contributed by atoms with E-state index < -0.39 is 0 Å². The summed E-state index contributed by atoms with van der Waals surface area (Å²) in [6.45, 7) is 8.73. The predicted molar refractivity (Wildman–Crippen MR) is 187 cm³/mol. The smallest absolute Gasteiger partial charge is 0.262 e. The number of rotatable bonds is 14. The molecule has 2 fully saturated rings. The molecule has 0 N–H and O–H groups in total. The van der Waals surface area contributed by atoms with Crippen molar-refractivity contribution in [3.05, 3.63) is 69.7 Å². The van der Waals surface area contributed by atoms with Crippen LogP contribution in [0, 0.1) is 19.8 Å². The Kier molecular flexibility index (Phi) is 12.2. The van der Waals surface area contributed by atoms with Crippen LogP contribution in [0.5, 0.6) is 11.5 Å². The number of furan rings is 1. The second kappa shape index (κ2) is 16.5. The van der Waals surface area contributed by atoms with E-state index in [1.807, 2.05) is 35.8 Å². The third-order valence-corrected chi connectivity index (χ3v) is 9.99. The summed E-state index contributed by atoms with van der Waals surface area (Å²) >= 11 is 0. The van der Waals surface area contributed by atoms with Crippen LogP contribution in [0.25, 0.3) is 16.8 Å². The molecule has 46 heavy (non-hydrogen) atoms. The largest absolute Gasteiger partial charge is 0.493 e. The molecule has 2 aromatic heterocycles. The Hall–Kier alpha value is -3.32. The molecule has 5 rings (SSSR count). The van der Waals surface area contributed by atoms with Gasteiger partial charge in [-0.3, -0.25) is 9.36 Å². The molecule has 0 radical (unpaired) electrons. The molecule has 0 unspecified atom stereocenters. The van der Waals surface area contributed by atoms with Crippen molar-refractivity contribution < 1.29 is 13.9 Å². The van der Waals surface area contributed by atoms with Gasteiger partial charge in [-0.05, 0) is 95.4 Å². The Labute approximate surface area is 276 Å². The predicted octanol–water partition coefficient (Wildman–Crippen LogP) is 9.15. The fourth-order valence-corrected chi connectivity index (χ4v) is 7.20. The third kappa shape index (κ3) is 8.33. The molecule has 0 atom stereocenters. The Morgan fingerprint density at radius 3 is 2.50 bits per heavy atom. The van der Waals surface area contributed by atoms with E-state index in [-0.39, 0.29) is 11.6 Å². The molecule has 250 valence electrons. The van der Waals surface area contributed by atoms with Crippen LogP contribution in [0.2, 0.25) is 0 Å². The number of likely N-dealkylation sites (tertiary alicyclic amines) is 1. The van der Waals surface area contributed by atoms with E-state index in [4.69, 9.17) is 18.9 Å². The SMILES string of the molecule is CCC/C=C(\c1ccc(C)o1)c1c(-c2cc(OC)c(OCCCCCC3CCCCC3)cc2C)ncn(C2CCN(C)CC2)c1=O. The first-order chi connectivity index (χ1) is 22.4. The molecule has 1 aliphatic heterocycles. The molecule has 1 aliphatic carbocycles. The van der Waals surface area contributed by atoms with E-state index in [0.717, 1.165) is 79.3 Å². The Morgan fingerprint density at radius 1 is 1.02 bits per heavy atom. The van der Waals surface area contributed by atoms with E-state index in [0.29, 0.717) is 29.4 Å². The van der Waals surface area contributed by atoms with E-state index in [1.165, 1.54) is 51.4 Å². The number of hydrogen-bond acceptors (Lipinski definition) is 6. The van der Waals surface area contributed by atoms with Gasteiger partial charge in [0.25, 0.3) is 5.56 Å². The van der Waals surface area contributed by atoms with Gasteiger partial charge in [0.05, 0.1) is 31.3 Å². The fourth-order valence-electron chi connectivity index (χ4n) is 7.20. The van der Waals surface area contributed by atoms with Crippen molar-refractivity contribution in [1.29, 1.82) is 0 Å². The molecule has 0 bridgehead atoms. The third-order valence-electron chi connectivity index (χ3n) is 9.99. The lowest BCUT2D eigenvalue weighted by atomic mass is 9.86. The van der Waals surface area contributed by atoms with Crippen LogP contribution < -0.4 is 15.0 Å². The average Bonchev–Trinajstić information content (AvgIpc) is 3.50. The lowest BCUT2D eigenvalue weighted by molar-refractivity contribution is 0.218. The number of hydrogen-bond donors (Lipinski definition) is 0. The lowest BCUT2D eigenvalue weighted by Gasteiger charge is -2.30. The summed E-state index contributed by atoms with van der Waals surface area (Å²) in [5.74, 6) is 3.83. The summed E-state index contributed by atoms with van der Waals surface area (Å²) in [6.07, 6.45) is 19.5. The summed E-state index contributed by atoms with van der Waals surface area (Å²) in [7, 11) is 3.81. The highest BCUT2D eigenvalue weighted by Gasteiger charge is 2.27. The standard InChI is InChI=1S/C39H55N3O4/c1-6-7-17-32(34-19-18-29(3)46-34)37-38(40-27-42(39(37)43)31-20-22-41(4)23-21-31)33-26-35(44-5)36(25-28(33)2)45-24-13-9-12-16-30-14-10-8-11-15-30/h17-19,25-27,30-31H,6-16,20-24H2,1-5H3/b32-17+. The number of aromatic nitrogens is 2. The number of allylic oxidation sites excluding steroid dienone is 1. The first-order valence-electron chi connectivity index (χ1n) is 17.8. The van der Waals surface area contributed by atoms with Gasteiger partial charge >= 0.3 is 0 Å². The first kappa shape index (κ1) is 34.0. The number of piperidine rings is 1. The van der Waals surface area contributed by atoms with Gasteiger partial charge in [-0.1, -0.05) is 70.8 Å². The first-order valence-corrected chi connectivity index (χ1v) is 17.8. The van der Waals surface area contributed by atoms with Gasteiger partial charge < -0.3 is 18.8 Å². The van der Waals surface area contributed by atoms with Crippen LogP contribution in [0.3, 0.4) is 0 Å². The zero-order valence-corrected chi connectivity index (χ0v) is 28.9. The maximum absolute atomic E-state index is 14.6. The highest BCUT2D eigenvalue weighted by Crippen LogP contribution is 2.39. The van der Waals surface area contributed by atoms with Crippen LogP contribution in [-0.4, -0.2) is 48.3 Å². The van der Waals surface area contributed by atoms with E-state index in [9.17, 15) is 4.79 Å². The van der Waals surface area contributed by atoms with Gasteiger partial charge in [-0.25, -0.2) is 4.98 Å². The van der Waals surface area contributed by atoms with Crippen LogP contribution >= 0.6 is 0 Å². The summed E-state index contributed by atoms with van der Waals surface area (Å²) in [4.78, 5) is 21.9. The number of aryl methyl sites for hydroxylation is 2. The van der Waals surface area contributed by atoms with Gasteiger partial charge in [-0.2, -0.15) is 0 Å². The van der Waals surface area contributed by atoms with Crippen molar-refractivity contribution in [2.24, 2.45) is 5.92 Å². The van der Waals surface area contributed by atoms with Crippen molar-refractivity contribution in [3.63, 3.8) is 0 Å². The summed E-state index contributed by atoms with van der Waals surface area (Å²) in [5, 5.41) is 0. The van der Waals surface area contributed by atoms with Crippen LogP contribution in [0.4, 0.5) is 0 Å². The average molecular weight is 630 g/mol. The van der Waals surface area contributed by atoms with Gasteiger partial charge in [0.2, 0.25) is 0 Å². The number of ether oxygens (including phenoxy) is 2. The molecule has 7 nitrogen and oxygen atoms in total. The maximum Gasteiger partial charge on any atom is 0.262 e. The van der Waals surface area contributed by atoms with Crippen LogP contribution in [-0.2, 0) is 0 Å². The highest BCUT2D eigenvalue weighted by molar-refractivity contribution is 5.86. The maximum atomic E-state index is 14.6. The molecule has 1 aromatic carbocycles. The normalized spacial score (nSPS) is 17.0. The zero-order valence-electron chi connectivity index (χ0n) is 28.9. The lowest BCUT2D eigenvalue weighted by Crippen LogP contribution is -2.36. The van der Waals surface area contributed by atoms with Crippen LogP contribution in [0.15, 0.2) is 45.9 Å². The van der Waals surface area contributed by atoms with Crippen LogP contribution in [0.1, 0.15) is 119 Å². The Balaban J connectivity index is 1.44. The summed E-state index contributed by atoms with van der Waals surface area (Å²) in [5.41, 5.74) is 3.87. The highest BCUT2D eigenvalue weighted by atomic mass is 16.5. The fraction of sp³-hybridized carbons (Fsp3) is 0.590. The Bertz CT molecular complexity index is 1510. The molecular weight excluding hydrogens is 574 g/mol. The molecular formula is C39H55N3O4. The second-order valence-corrected chi connectivity index (χ2v) is 13.6. The van der Waals surface area contributed by atoms with E-state index in [1.54, 1.807) is 13.4 Å².